The molecule has 214 valence electrons. The SMILES string of the molecule is Cc1ccc(N2B(c3ccccc3)[C@]3(c4ccccc4)C(c4ccccc4)=C(c4ccccc4)[C@]3(c3ccccc3)C2=S)cc1. The summed E-state index contributed by atoms with van der Waals surface area (Å²) in [5, 5.41) is -0.550. The van der Waals surface area contributed by atoms with Crippen LogP contribution in [-0.4, -0.2) is 11.8 Å². The van der Waals surface area contributed by atoms with Crippen LogP contribution in [-0.2, 0) is 10.7 Å². The summed E-state index contributed by atoms with van der Waals surface area (Å²) >= 11 is 6.92. The Hall–Kier alpha value is -4.99. The van der Waals surface area contributed by atoms with E-state index in [4.69, 9.17) is 12.2 Å². The number of allylic oxidation sites excluding steroid dienone is 1. The average molecular weight is 594 g/mol. The second-order valence-electron chi connectivity index (χ2n) is 12.1. The van der Waals surface area contributed by atoms with Gasteiger partial charge < -0.3 is 4.81 Å². The van der Waals surface area contributed by atoms with E-state index in [0.29, 0.717) is 0 Å². The van der Waals surface area contributed by atoms with Gasteiger partial charge in [0.05, 0.1) is 10.4 Å². The average Bonchev–Trinajstić information content (AvgIpc) is 3.29. The molecule has 1 saturated heterocycles. The third-order valence-electron chi connectivity index (χ3n) is 9.81. The number of benzene rings is 6. The van der Waals surface area contributed by atoms with Crippen molar-refractivity contribution in [1.82, 2.24) is 0 Å². The second-order valence-corrected chi connectivity index (χ2v) is 12.5. The molecule has 6 aromatic carbocycles. The van der Waals surface area contributed by atoms with Crippen LogP contribution in [0.25, 0.3) is 11.1 Å². The van der Waals surface area contributed by atoms with Crippen LogP contribution in [0.2, 0.25) is 0 Å². The van der Waals surface area contributed by atoms with Crippen LogP contribution in [0, 0.1) is 6.92 Å². The highest BCUT2D eigenvalue weighted by atomic mass is 32.1. The summed E-state index contributed by atoms with van der Waals surface area (Å²) in [5.41, 5.74) is 10.5. The Bertz CT molecular complexity index is 2010. The Kier molecular flexibility index (Phi) is 6.66. The van der Waals surface area contributed by atoms with Crippen molar-refractivity contribution >= 4 is 46.4 Å². The molecule has 0 aromatic heterocycles. The molecule has 1 aliphatic heterocycles. The lowest BCUT2D eigenvalue weighted by Crippen LogP contribution is -2.66. The number of nitrogens with zero attached hydrogens (tertiary/aromatic N) is 1. The molecule has 45 heavy (non-hydrogen) atoms. The minimum atomic E-state index is -0.636. The maximum absolute atomic E-state index is 6.92. The number of aryl methyl sites for hydroxylation is 1. The van der Waals surface area contributed by atoms with Gasteiger partial charge in [-0.15, -0.1) is 0 Å². The third kappa shape index (κ3) is 3.84. The Morgan fingerprint density at radius 2 is 0.933 bits per heavy atom. The molecule has 0 N–H and O–H groups in total. The summed E-state index contributed by atoms with van der Waals surface area (Å²) < 4.78 is 0. The molecule has 1 fully saturated rings. The first-order chi connectivity index (χ1) is 22.2. The Labute approximate surface area is 271 Å². The van der Waals surface area contributed by atoms with Gasteiger partial charge in [-0.05, 0) is 52.5 Å². The molecule has 2 aliphatic rings. The lowest BCUT2D eigenvalue weighted by molar-refractivity contribution is 0.564. The Balaban J connectivity index is 1.61. The van der Waals surface area contributed by atoms with Crippen LogP contribution in [0.1, 0.15) is 27.8 Å². The van der Waals surface area contributed by atoms with E-state index in [9.17, 15) is 0 Å². The molecule has 0 spiro atoms. The highest BCUT2D eigenvalue weighted by Crippen LogP contribution is 2.74. The van der Waals surface area contributed by atoms with Gasteiger partial charge in [-0.2, -0.15) is 0 Å². The maximum atomic E-state index is 6.92. The van der Waals surface area contributed by atoms with E-state index >= 15 is 0 Å². The van der Waals surface area contributed by atoms with E-state index in [1.54, 1.807) is 0 Å². The van der Waals surface area contributed by atoms with Gasteiger partial charge in [-0.3, -0.25) is 0 Å². The standard InChI is InChI=1S/C42H32BNS/c1-31-27-29-37(30-28-31)44-40(45)41(34-21-11-4-12-22-34)38(32-17-7-2-8-18-32)39(33-19-9-3-10-20-33)42(41,35-23-13-5-14-24-35)43(44)36-25-15-6-16-26-36/h2-30H,1H3/t41-,42-/m1/s1. The third-order valence-corrected chi connectivity index (χ3v) is 10.3. The summed E-state index contributed by atoms with van der Waals surface area (Å²) in [5.74, 6) is 0. The lowest BCUT2D eigenvalue weighted by atomic mass is 9.23. The summed E-state index contributed by atoms with van der Waals surface area (Å²) in [7, 11) is 0. The van der Waals surface area contributed by atoms with Crippen LogP contribution >= 0.6 is 12.2 Å². The molecule has 0 amide bonds. The zero-order chi connectivity index (χ0) is 30.4. The van der Waals surface area contributed by atoms with E-state index in [-0.39, 0.29) is 6.85 Å². The quantitative estimate of drug-likeness (QED) is 0.140. The minimum Gasteiger partial charge on any atom is -0.374 e. The van der Waals surface area contributed by atoms with Gasteiger partial charge in [-0.25, -0.2) is 0 Å². The molecule has 3 heteroatoms. The van der Waals surface area contributed by atoms with Crippen LogP contribution < -0.4 is 10.3 Å². The van der Waals surface area contributed by atoms with Crippen molar-refractivity contribution < 1.29 is 0 Å². The highest BCUT2D eigenvalue weighted by Gasteiger charge is 2.79. The van der Waals surface area contributed by atoms with Crippen LogP contribution in [0.5, 0.6) is 0 Å². The maximum Gasteiger partial charge on any atom is 0.311 e. The van der Waals surface area contributed by atoms with E-state index in [0.717, 1.165) is 10.7 Å². The van der Waals surface area contributed by atoms with E-state index in [1.165, 1.54) is 44.4 Å². The number of fused-ring (bicyclic) bond motifs is 1. The Morgan fingerprint density at radius 1 is 0.489 bits per heavy atom. The normalized spacial score (nSPS) is 20.6. The van der Waals surface area contributed by atoms with E-state index < -0.39 is 10.7 Å². The second kappa shape index (κ2) is 10.9. The molecule has 8 rings (SSSR count). The minimum absolute atomic E-state index is 0.112. The van der Waals surface area contributed by atoms with Crippen molar-refractivity contribution in [2.45, 2.75) is 17.7 Å². The predicted molar refractivity (Wildman–Crippen MR) is 194 cm³/mol. The number of thiocarbonyl (C=S) groups is 1. The first-order valence-electron chi connectivity index (χ1n) is 15.6. The van der Waals surface area contributed by atoms with Gasteiger partial charge >= 0.3 is 6.85 Å². The molecule has 6 aromatic rings. The van der Waals surface area contributed by atoms with E-state index in [1.807, 2.05) is 0 Å². The molecule has 0 bridgehead atoms. The van der Waals surface area contributed by atoms with Crippen molar-refractivity contribution in [2.24, 2.45) is 0 Å². The fraction of sp³-hybridized carbons (Fsp3) is 0.0714. The topological polar surface area (TPSA) is 3.24 Å². The fourth-order valence-electron chi connectivity index (χ4n) is 8.17. The van der Waals surface area contributed by atoms with Gasteiger partial charge in [0.2, 0.25) is 0 Å². The summed E-state index contributed by atoms with van der Waals surface area (Å²) in [6, 6.07) is 63.9. The molecular weight excluding hydrogens is 561 g/mol. The largest absolute Gasteiger partial charge is 0.374 e. The highest BCUT2D eigenvalue weighted by molar-refractivity contribution is 7.81. The zero-order valence-electron chi connectivity index (χ0n) is 25.2. The number of rotatable bonds is 6. The molecule has 1 heterocycles. The smallest absolute Gasteiger partial charge is 0.311 e. The summed E-state index contributed by atoms with van der Waals surface area (Å²) in [6.45, 7) is 2.03. The first kappa shape index (κ1) is 27.6. The number of anilines is 1. The van der Waals surface area contributed by atoms with Gasteiger partial charge in [0, 0.05) is 11.0 Å². The van der Waals surface area contributed by atoms with Crippen LogP contribution in [0.15, 0.2) is 176 Å². The van der Waals surface area contributed by atoms with Gasteiger partial charge in [0.15, 0.2) is 0 Å². The van der Waals surface area contributed by atoms with Gasteiger partial charge in [0.25, 0.3) is 0 Å². The molecule has 0 unspecified atom stereocenters. The molecule has 0 saturated carbocycles. The van der Waals surface area contributed by atoms with Crippen molar-refractivity contribution in [1.29, 1.82) is 0 Å². The number of hydrogen-bond acceptors (Lipinski definition) is 1. The van der Waals surface area contributed by atoms with Crippen molar-refractivity contribution in [3.05, 3.63) is 204 Å². The summed E-state index contributed by atoms with van der Waals surface area (Å²) in [6.07, 6.45) is 0. The zero-order valence-corrected chi connectivity index (χ0v) is 26.0. The first-order valence-corrected chi connectivity index (χ1v) is 16.0. The molecule has 1 nitrogen and oxygen atoms in total. The monoisotopic (exact) mass is 593 g/mol. The van der Waals surface area contributed by atoms with Gasteiger partial charge in [-0.1, -0.05) is 187 Å². The van der Waals surface area contributed by atoms with Crippen LogP contribution in [0.4, 0.5) is 5.69 Å². The van der Waals surface area contributed by atoms with Crippen LogP contribution in [0.3, 0.4) is 0 Å². The predicted octanol–water partition coefficient (Wildman–Crippen LogP) is 9.08. The van der Waals surface area contributed by atoms with E-state index in [2.05, 4.69) is 188 Å². The van der Waals surface area contributed by atoms with Crippen molar-refractivity contribution in [3.8, 4) is 0 Å². The number of hydrogen-bond donors (Lipinski definition) is 0. The molecular formula is C42H32BNS. The fourth-order valence-corrected chi connectivity index (χ4v) is 8.76. The molecule has 1 aliphatic carbocycles. The van der Waals surface area contributed by atoms with Gasteiger partial charge in [0.1, 0.15) is 0 Å². The van der Waals surface area contributed by atoms with Crippen molar-refractivity contribution in [3.63, 3.8) is 0 Å². The molecule has 2 atom stereocenters. The molecule has 0 radical (unpaired) electrons. The Morgan fingerprint density at radius 3 is 1.47 bits per heavy atom. The lowest BCUT2D eigenvalue weighted by Gasteiger charge is -2.59. The van der Waals surface area contributed by atoms with Crippen molar-refractivity contribution in [2.75, 3.05) is 4.81 Å². The summed E-state index contributed by atoms with van der Waals surface area (Å²) in [4.78, 5) is 3.40.